The lowest BCUT2D eigenvalue weighted by Crippen LogP contribution is -2.41. The minimum Gasteiger partial charge on any atom is -0.493 e. The molecule has 1 aromatic heterocycles. The molecule has 1 aliphatic rings. The van der Waals surface area contributed by atoms with Crippen LogP contribution in [0.2, 0.25) is 0 Å². The van der Waals surface area contributed by atoms with E-state index in [1.165, 1.54) is 44.8 Å². The molecule has 1 aliphatic heterocycles. The topological polar surface area (TPSA) is 108 Å². The molecule has 1 fully saturated rings. The van der Waals surface area contributed by atoms with Gasteiger partial charge in [0, 0.05) is 29.9 Å². The first kappa shape index (κ1) is 22.8. The van der Waals surface area contributed by atoms with Gasteiger partial charge in [0.2, 0.25) is 11.7 Å². The quantitative estimate of drug-likeness (QED) is 0.606. The number of anilines is 1. The van der Waals surface area contributed by atoms with Gasteiger partial charge in [0.1, 0.15) is 6.04 Å². The average molecular weight is 450 g/mol. The summed E-state index contributed by atoms with van der Waals surface area (Å²) in [5.74, 6) is 0.796. The zero-order valence-corrected chi connectivity index (χ0v) is 18.8. The molecule has 2 aromatic rings. The Bertz CT molecular complexity index is 901. The largest absolute Gasteiger partial charge is 0.493 e. The molecular formula is C21H27N3O6S. The van der Waals surface area contributed by atoms with E-state index in [0.29, 0.717) is 28.3 Å². The van der Waals surface area contributed by atoms with Crippen LogP contribution in [0.1, 0.15) is 28.6 Å². The van der Waals surface area contributed by atoms with Crippen LogP contribution in [0.4, 0.5) is 5.13 Å². The van der Waals surface area contributed by atoms with Crippen LogP contribution >= 0.6 is 11.3 Å². The first-order chi connectivity index (χ1) is 14.9. The van der Waals surface area contributed by atoms with Gasteiger partial charge in [-0.15, -0.1) is 11.3 Å². The van der Waals surface area contributed by atoms with E-state index in [-0.39, 0.29) is 11.5 Å². The summed E-state index contributed by atoms with van der Waals surface area (Å²) in [6, 6.07) is 2.28. The fourth-order valence-electron chi connectivity index (χ4n) is 3.26. The maximum atomic E-state index is 12.7. The Labute approximate surface area is 185 Å². The van der Waals surface area contributed by atoms with Crippen LogP contribution in [0.15, 0.2) is 18.3 Å². The molecule has 31 heavy (non-hydrogen) atoms. The monoisotopic (exact) mass is 449 g/mol. The second kappa shape index (κ2) is 10.5. The molecule has 0 radical (unpaired) electrons. The Balaban J connectivity index is 1.60. The third kappa shape index (κ3) is 5.65. The molecule has 2 N–H and O–H groups in total. The third-order valence-electron chi connectivity index (χ3n) is 4.97. The molecule has 1 saturated heterocycles. The zero-order valence-electron chi connectivity index (χ0n) is 18.0. The minimum absolute atomic E-state index is 0.282. The Morgan fingerprint density at radius 3 is 2.52 bits per heavy atom. The van der Waals surface area contributed by atoms with E-state index in [2.05, 4.69) is 15.6 Å². The van der Waals surface area contributed by atoms with Crippen molar-refractivity contribution in [2.45, 2.75) is 25.8 Å². The second-order valence-electron chi connectivity index (χ2n) is 7.16. The van der Waals surface area contributed by atoms with Crippen molar-refractivity contribution in [2.24, 2.45) is 5.92 Å². The van der Waals surface area contributed by atoms with Crippen LogP contribution in [-0.4, -0.2) is 57.4 Å². The van der Waals surface area contributed by atoms with Crippen molar-refractivity contribution in [2.75, 3.05) is 39.9 Å². The molecule has 0 spiro atoms. The van der Waals surface area contributed by atoms with Crippen LogP contribution in [0, 0.1) is 5.92 Å². The normalized spacial score (nSPS) is 16.5. The van der Waals surface area contributed by atoms with E-state index in [4.69, 9.17) is 18.9 Å². The Morgan fingerprint density at radius 2 is 1.94 bits per heavy atom. The predicted molar refractivity (Wildman–Crippen MR) is 116 cm³/mol. The molecule has 168 valence electrons. The highest BCUT2D eigenvalue weighted by atomic mass is 32.1. The fraction of sp³-hybridized carbons (Fsp3) is 0.476. The van der Waals surface area contributed by atoms with Gasteiger partial charge in [-0.2, -0.15) is 0 Å². The number of hydrogen-bond acceptors (Lipinski definition) is 8. The van der Waals surface area contributed by atoms with Crippen molar-refractivity contribution in [1.82, 2.24) is 10.3 Å². The summed E-state index contributed by atoms with van der Waals surface area (Å²) in [5.41, 5.74) is 0.282. The Kier molecular flexibility index (Phi) is 7.69. The molecule has 0 saturated carbocycles. The first-order valence-corrected chi connectivity index (χ1v) is 10.7. The highest BCUT2D eigenvalue weighted by Crippen LogP contribution is 2.38. The van der Waals surface area contributed by atoms with Gasteiger partial charge < -0.3 is 29.6 Å². The maximum absolute atomic E-state index is 12.7. The SMILES string of the molecule is COc1cc(C(=O)NC(C)C(=O)Nc2ncc(CC3CCOC3)s2)cc(OC)c1OC. The lowest BCUT2D eigenvalue weighted by molar-refractivity contribution is -0.117. The second-order valence-corrected chi connectivity index (χ2v) is 8.28. The lowest BCUT2D eigenvalue weighted by Gasteiger charge is -2.16. The number of carbonyl (C=O) groups excluding carboxylic acids is 2. The smallest absolute Gasteiger partial charge is 0.252 e. The molecule has 9 nitrogen and oxygen atoms in total. The van der Waals surface area contributed by atoms with E-state index in [1.807, 2.05) is 0 Å². The highest BCUT2D eigenvalue weighted by molar-refractivity contribution is 7.15. The molecule has 2 unspecified atom stereocenters. The summed E-state index contributed by atoms with van der Waals surface area (Å²) in [7, 11) is 4.42. The summed E-state index contributed by atoms with van der Waals surface area (Å²) < 4.78 is 21.2. The summed E-state index contributed by atoms with van der Waals surface area (Å²) >= 11 is 1.44. The summed E-state index contributed by atoms with van der Waals surface area (Å²) in [5, 5.41) is 5.95. The van der Waals surface area contributed by atoms with E-state index in [0.717, 1.165) is 30.9 Å². The summed E-state index contributed by atoms with van der Waals surface area (Å²) in [6.07, 6.45) is 3.71. The fourth-order valence-corrected chi connectivity index (χ4v) is 4.19. The molecule has 0 aliphatic carbocycles. The number of methoxy groups -OCH3 is 3. The van der Waals surface area contributed by atoms with Crippen LogP contribution in [0.5, 0.6) is 17.2 Å². The number of amides is 2. The van der Waals surface area contributed by atoms with Gasteiger partial charge in [0.25, 0.3) is 5.91 Å². The summed E-state index contributed by atoms with van der Waals surface area (Å²) in [6.45, 7) is 3.18. The number of carbonyl (C=O) groups is 2. The number of benzene rings is 1. The van der Waals surface area contributed by atoms with Crippen LogP contribution < -0.4 is 24.8 Å². The number of nitrogens with zero attached hydrogens (tertiary/aromatic N) is 1. The van der Waals surface area contributed by atoms with Crippen molar-refractivity contribution in [3.8, 4) is 17.2 Å². The van der Waals surface area contributed by atoms with Gasteiger partial charge in [-0.3, -0.25) is 9.59 Å². The first-order valence-electron chi connectivity index (χ1n) is 9.89. The van der Waals surface area contributed by atoms with Crippen molar-refractivity contribution in [3.05, 3.63) is 28.8 Å². The molecule has 1 aromatic carbocycles. The van der Waals surface area contributed by atoms with Crippen molar-refractivity contribution in [1.29, 1.82) is 0 Å². The molecule has 0 bridgehead atoms. The van der Waals surface area contributed by atoms with Gasteiger partial charge in [-0.25, -0.2) is 4.98 Å². The van der Waals surface area contributed by atoms with Gasteiger partial charge in [-0.05, 0) is 37.8 Å². The molecule has 10 heteroatoms. The number of ether oxygens (including phenoxy) is 4. The Hall–Kier alpha value is -2.85. The number of thiazole rings is 1. The van der Waals surface area contributed by atoms with E-state index in [9.17, 15) is 9.59 Å². The lowest BCUT2D eigenvalue weighted by atomic mass is 10.1. The zero-order chi connectivity index (χ0) is 22.4. The third-order valence-corrected chi connectivity index (χ3v) is 5.90. The standard InChI is InChI=1S/C21H27N3O6S/c1-12(19(25)24-21-22-10-15(31-21)7-13-5-6-30-11-13)23-20(26)14-8-16(27-2)18(29-4)17(9-14)28-3/h8-10,12-13H,5-7,11H2,1-4H3,(H,23,26)(H,22,24,25). The van der Waals surface area contributed by atoms with Gasteiger partial charge in [0.05, 0.1) is 21.3 Å². The predicted octanol–water partition coefficient (Wildman–Crippen LogP) is 2.50. The molecular weight excluding hydrogens is 422 g/mol. The van der Waals surface area contributed by atoms with Gasteiger partial charge >= 0.3 is 0 Å². The van der Waals surface area contributed by atoms with E-state index < -0.39 is 11.9 Å². The number of hydrogen-bond donors (Lipinski definition) is 2. The van der Waals surface area contributed by atoms with E-state index >= 15 is 0 Å². The van der Waals surface area contributed by atoms with Gasteiger partial charge in [-0.1, -0.05) is 0 Å². The Morgan fingerprint density at radius 1 is 1.23 bits per heavy atom. The maximum Gasteiger partial charge on any atom is 0.252 e. The number of nitrogens with one attached hydrogen (secondary N) is 2. The van der Waals surface area contributed by atoms with Crippen molar-refractivity contribution < 1.29 is 28.5 Å². The molecule has 2 amide bonds. The minimum atomic E-state index is -0.776. The van der Waals surface area contributed by atoms with Crippen LogP contribution in [0.25, 0.3) is 0 Å². The van der Waals surface area contributed by atoms with Crippen LogP contribution in [0.3, 0.4) is 0 Å². The number of rotatable bonds is 9. The van der Waals surface area contributed by atoms with Crippen molar-refractivity contribution in [3.63, 3.8) is 0 Å². The highest BCUT2D eigenvalue weighted by Gasteiger charge is 2.22. The van der Waals surface area contributed by atoms with E-state index in [1.54, 1.807) is 13.1 Å². The molecule has 2 heterocycles. The van der Waals surface area contributed by atoms with Crippen LogP contribution in [-0.2, 0) is 16.0 Å². The summed E-state index contributed by atoms with van der Waals surface area (Å²) in [4.78, 5) is 30.6. The molecule has 3 rings (SSSR count). The average Bonchev–Trinajstić information content (AvgIpc) is 3.44. The molecule has 2 atom stereocenters. The number of aromatic nitrogens is 1. The van der Waals surface area contributed by atoms with Crippen molar-refractivity contribution >= 4 is 28.3 Å². The van der Waals surface area contributed by atoms with Gasteiger partial charge in [0.15, 0.2) is 16.6 Å².